The summed E-state index contributed by atoms with van der Waals surface area (Å²) >= 11 is 3.19. The third kappa shape index (κ3) is 2.47. The van der Waals surface area contributed by atoms with Gasteiger partial charge in [-0.1, -0.05) is 0 Å². The SMILES string of the molecule is COc1cc(F)cc(C(C)C(=O)O)c1Br. The van der Waals surface area contributed by atoms with Gasteiger partial charge in [-0.2, -0.15) is 0 Å². The van der Waals surface area contributed by atoms with E-state index in [0.29, 0.717) is 10.0 Å². The fraction of sp³-hybridized carbons (Fsp3) is 0.300. The van der Waals surface area contributed by atoms with Crippen LogP contribution < -0.4 is 4.74 Å². The molecular formula is C10H10BrFO3. The monoisotopic (exact) mass is 276 g/mol. The minimum absolute atomic E-state index is 0.290. The zero-order valence-electron chi connectivity index (χ0n) is 8.25. The molecule has 0 radical (unpaired) electrons. The molecule has 1 aromatic carbocycles. The van der Waals surface area contributed by atoms with Crippen molar-refractivity contribution in [3.8, 4) is 5.75 Å². The molecule has 0 fully saturated rings. The van der Waals surface area contributed by atoms with E-state index in [2.05, 4.69) is 15.9 Å². The van der Waals surface area contributed by atoms with Crippen LogP contribution in [0, 0.1) is 5.82 Å². The lowest BCUT2D eigenvalue weighted by Gasteiger charge is -2.12. The van der Waals surface area contributed by atoms with Crippen molar-refractivity contribution >= 4 is 21.9 Å². The van der Waals surface area contributed by atoms with Gasteiger partial charge in [0.25, 0.3) is 0 Å². The Bertz CT molecular complexity index is 392. The minimum Gasteiger partial charge on any atom is -0.495 e. The van der Waals surface area contributed by atoms with Crippen LogP contribution >= 0.6 is 15.9 Å². The predicted molar refractivity (Wildman–Crippen MR) is 56.7 cm³/mol. The Hall–Kier alpha value is -1.10. The van der Waals surface area contributed by atoms with Crippen LogP contribution in [-0.2, 0) is 4.79 Å². The van der Waals surface area contributed by atoms with Crippen LogP contribution in [0.15, 0.2) is 16.6 Å². The third-order valence-corrected chi connectivity index (χ3v) is 2.94. The first-order chi connectivity index (χ1) is 6.97. The maximum absolute atomic E-state index is 13.1. The summed E-state index contributed by atoms with van der Waals surface area (Å²) in [6, 6.07) is 2.38. The predicted octanol–water partition coefficient (Wildman–Crippen LogP) is 2.78. The molecule has 0 spiro atoms. The first-order valence-corrected chi connectivity index (χ1v) is 5.02. The highest BCUT2D eigenvalue weighted by Gasteiger charge is 2.20. The average molecular weight is 277 g/mol. The Morgan fingerprint density at radius 3 is 2.67 bits per heavy atom. The normalized spacial score (nSPS) is 12.3. The summed E-state index contributed by atoms with van der Waals surface area (Å²) in [4.78, 5) is 10.8. The summed E-state index contributed by atoms with van der Waals surface area (Å²) in [5, 5.41) is 8.83. The van der Waals surface area contributed by atoms with Crippen LogP contribution in [0.5, 0.6) is 5.75 Å². The summed E-state index contributed by atoms with van der Waals surface area (Å²) < 4.78 is 18.5. The lowest BCUT2D eigenvalue weighted by atomic mass is 10.0. The smallest absolute Gasteiger partial charge is 0.310 e. The lowest BCUT2D eigenvalue weighted by Crippen LogP contribution is -2.09. The molecule has 0 aliphatic rings. The van der Waals surface area contributed by atoms with Crippen molar-refractivity contribution < 1.29 is 19.0 Å². The van der Waals surface area contributed by atoms with Crippen molar-refractivity contribution in [3.63, 3.8) is 0 Å². The number of aliphatic carboxylic acids is 1. The molecule has 1 N–H and O–H groups in total. The van der Waals surface area contributed by atoms with E-state index >= 15 is 0 Å². The summed E-state index contributed by atoms with van der Waals surface area (Å²) in [6.07, 6.45) is 0. The molecule has 0 heterocycles. The molecule has 0 aliphatic heterocycles. The van der Waals surface area contributed by atoms with Gasteiger partial charge in [0.2, 0.25) is 0 Å². The molecule has 0 saturated heterocycles. The van der Waals surface area contributed by atoms with Crippen LogP contribution in [0.4, 0.5) is 4.39 Å². The van der Waals surface area contributed by atoms with E-state index in [1.165, 1.54) is 26.2 Å². The number of halogens is 2. The second-order valence-electron chi connectivity index (χ2n) is 3.07. The van der Waals surface area contributed by atoms with Gasteiger partial charge in [0.1, 0.15) is 11.6 Å². The van der Waals surface area contributed by atoms with Crippen LogP contribution in [-0.4, -0.2) is 18.2 Å². The zero-order valence-corrected chi connectivity index (χ0v) is 9.84. The Morgan fingerprint density at radius 2 is 2.20 bits per heavy atom. The minimum atomic E-state index is -1.01. The Morgan fingerprint density at radius 1 is 1.60 bits per heavy atom. The van der Waals surface area contributed by atoms with Gasteiger partial charge in [-0.15, -0.1) is 0 Å². The van der Waals surface area contributed by atoms with Gasteiger partial charge in [-0.3, -0.25) is 4.79 Å². The second kappa shape index (κ2) is 4.61. The van der Waals surface area contributed by atoms with Crippen molar-refractivity contribution in [2.75, 3.05) is 7.11 Å². The topological polar surface area (TPSA) is 46.5 Å². The van der Waals surface area contributed by atoms with E-state index in [-0.39, 0.29) is 5.75 Å². The highest BCUT2D eigenvalue weighted by Crippen LogP contribution is 2.34. The summed E-state index contributed by atoms with van der Waals surface area (Å²) in [6.45, 7) is 1.49. The van der Waals surface area contributed by atoms with E-state index in [1.807, 2.05) is 0 Å². The molecule has 82 valence electrons. The molecule has 15 heavy (non-hydrogen) atoms. The number of carboxylic acids is 1. The van der Waals surface area contributed by atoms with Gasteiger partial charge in [-0.05, 0) is 34.5 Å². The van der Waals surface area contributed by atoms with Crippen molar-refractivity contribution in [2.45, 2.75) is 12.8 Å². The summed E-state index contributed by atoms with van der Waals surface area (Å²) in [5.41, 5.74) is 0.361. The number of carbonyl (C=O) groups is 1. The zero-order chi connectivity index (χ0) is 11.6. The van der Waals surface area contributed by atoms with Gasteiger partial charge in [0, 0.05) is 6.07 Å². The first-order valence-electron chi connectivity index (χ1n) is 4.23. The molecule has 0 aliphatic carbocycles. The standard InChI is InChI=1S/C10H10BrFO3/c1-5(10(13)14)7-3-6(12)4-8(15-2)9(7)11/h3-5H,1-2H3,(H,13,14). The maximum atomic E-state index is 13.1. The fourth-order valence-electron chi connectivity index (χ4n) is 1.18. The molecule has 0 aromatic heterocycles. The summed E-state index contributed by atoms with van der Waals surface area (Å²) in [5.74, 6) is -2.02. The molecule has 1 aromatic rings. The summed E-state index contributed by atoms with van der Waals surface area (Å²) in [7, 11) is 1.40. The number of rotatable bonds is 3. The number of benzene rings is 1. The Balaban J connectivity index is 3.28. The second-order valence-corrected chi connectivity index (χ2v) is 3.86. The van der Waals surface area contributed by atoms with Gasteiger partial charge in [0.05, 0.1) is 17.5 Å². The van der Waals surface area contributed by atoms with Gasteiger partial charge < -0.3 is 9.84 Å². The van der Waals surface area contributed by atoms with Crippen LogP contribution in [0.25, 0.3) is 0 Å². The maximum Gasteiger partial charge on any atom is 0.310 e. The van der Waals surface area contributed by atoms with Crippen molar-refractivity contribution in [1.82, 2.24) is 0 Å². The van der Waals surface area contributed by atoms with Crippen molar-refractivity contribution in [1.29, 1.82) is 0 Å². The van der Waals surface area contributed by atoms with E-state index in [1.54, 1.807) is 0 Å². The van der Waals surface area contributed by atoms with E-state index in [9.17, 15) is 9.18 Å². The van der Waals surface area contributed by atoms with Crippen molar-refractivity contribution in [3.05, 3.63) is 28.0 Å². The number of hydrogen-bond donors (Lipinski definition) is 1. The highest BCUT2D eigenvalue weighted by molar-refractivity contribution is 9.10. The van der Waals surface area contributed by atoms with E-state index in [4.69, 9.17) is 9.84 Å². The van der Waals surface area contributed by atoms with Gasteiger partial charge >= 0.3 is 5.97 Å². The first kappa shape index (κ1) is 12.0. The molecule has 1 unspecified atom stereocenters. The number of carboxylic acid groups (broad SMARTS) is 1. The number of methoxy groups -OCH3 is 1. The molecule has 0 saturated carbocycles. The molecule has 3 nitrogen and oxygen atoms in total. The Labute approximate surface area is 95.0 Å². The van der Waals surface area contributed by atoms with Gasteiger partial charge in [0.15, 0.2) is 0 Å². The van der Waals surface area contributed by atoms with Crippen molar-refractivity contribution in [2.24, 2.45) is 0 Å². The van der Waals surface area contributed by atoms with Crippen LogP contribution in [0.3, 0.4) is 0 Å². The molecule has 1 rings (SSSR count). The lowest BCUT2D eigenvalue weighted by molar-refractivity contribution is -0.138. The Kier molecular flexibility index (Phi) is 3.68. The molecular weight excluding hydrogens is 267 g/mol. The average Bonchev–Trinajstić information content (AvgIpc) is 2.19. The molecule has 0 amide bonds. The third-order valence-electron chi connectivity index (χ3n) is 2.09. The largest absolute Gasteiger partial charge is 0.495 e. The molecule has 1 atom stereocenters. The van der Waals surface area contributed by atoms with E-state index < -0.39 is 17.7 Å². The molecule has 5 heteroatoms. The van der Waals surface area contributed by atoms with Crippen LogP contribution in [0.2, 0.25) is 0 Å². The fourth-order valence-corrected chi connectivity index (χ4v) is 1.92. The number of ether oxygens (including phenoxy) is 1. The highest BCUT2D eigenvalue weighted by atomic mass is 79.9. The molecule has 0 bridgehead atoms. The van der Waals surface area contributed by atoms with E-state index in [0.717, 1.165) is 0 Å². The quantitative estimate of drug-likeness (QED) is 0.924. The van der Waals surface area contributed by atoms with Gasteiger partial charge in [-0.25, -0.2) is 4.39 Å². The number of hydrogen-bond acceptors (Lipinski definition) is 2. The van der Waals surface area contributed by atoms with Crippen LogP contribution in [0.1, 0.15) is 18.4 Å².